The molecule has 1 atom stereocenters. The molecule has 7 heteroatoms. The van der Waals surface area contributed by atoms with Crippen LogP contribution in [0, 0.1) is 11.3 Å². The molecule has 1 fully saturated rings. The Bertz CT molecular complexity index is 595. The van der Waals surface area contributed by atoms with Crippen LogP contribution < -0.4 is 5.32 Å². The second kappa shape index (κ2) is 6.55. The maximum atomic E-state index is 12.2. The van der Waals surface area contributed by atoms with Crippen molar-refractivity contribution in [3.8, 4) is 6.07 Å². The Morgan fingerprint density at radius 1 is 1.40 bits per heavy atom. The summed E-state index contributed by atoms with van der Waals surface area (Å²) >= 11 is 5.75. The molecule has 1 aliphatic heterocycles. The van der Waals surface area contributed by atoms with Gasteiger partial charge in [-0.3, -0.25) is 4.90 Å². The Morgan fingerprint density at radius 3 is 2.75 bits per heavy atom. The molecule has 0 bridgehead atoms. The predicted octanol–water partition coefficient (Wildman–Crippen LogP) is 0.911. The van der Waals surface area contributed by atoms with Gasteiger partial charge in [0.15, 0.2) is 9.84 Å². The van der Waals surface area contributed by atoms with Crippen LogP contribution in [0.4, 0.5) is 0 Å². The van der Waals surface area contributed by atoms with Crippen LogP contribution in [-0.2, 0) is 9.84 Å². The van der Waals surface area contributed by atoms with Crippen molar-refractivity contribution in [1.82, 2.24) is 10.2 Å². The molecule has 1 aromatic rings. The summed E-state index contributed by atoms with van der Waals surface area (Å²) in [6, 6.07) is 8.08. The predicted molar refractivity (Wildman–Crippen MR) is 77.3 cm³/mol. The van der Waals surface area contributed by atoms with Crippen molar-refractivity contribution in [3.63, 3.8) is 0 Å². The van der Waals surface area contributed by atoms with Gasteiger partial charge in [-0.05, 0) is 24.3 Å². The number of hydrogen-bond donors (Lipinski definition) is 1. The van der Waals surface area contributed by atoms with Crippen LogP contribution in [0.5, 0.6) is 0 Å². The van der Waals surface area contributed by atoms with Crippen molar-refractivity contribution >= 4 is 21.4 Å². The zero-order valence-electron chi connectivity index (χ0n) is 10.9. The first-order chi connectivity index (χ1) is 9.53. The molecule has 1 saturated heterocycles. The lowest BCUT2D eigenvalue weighted by atomic mass is 10.2. The molecule has 1 aromatic carbocycles. The quantitative estimate of drug-likeness (QED) is 0.894. The SMILES string of the molecule is N#CC1CNCCN1CCS(=O)(=O)c1ccc(Cl)cc1. The van der Waals surface area contributed by atoms with E-state index in [2.05, 4.69) is 11.4 Å². The van der Waals surface area contributed by atoms with Crippen LogP contribution in [-0.4, -0.2) is 51.3 Å². The molecular formula is C13H16ClN3O2S. The molecule has 1 N–H and O–H groups in total. The third-order valence-corrected chi connectivity index (χ3v) is 5.29. The molecule has 0 aromatic heterocycles. The fourth-order valence-corrected chi connectivity index (χ4v) is 3.53. The van der Waals surface area contributed by atoms with E-state index in [9.17, 15) is 8.42 Å². The molecule has 108 valence electrons. The van der Waals surface area contributed by atoms with Gasteiger partial charge in [-0.2, -0.15) is 5.26 Å². The normalized spacial score (nSPS) is 20.5. The van der Waals surface area contributed by atoms with E-state index in [1.54, 1.807) is 12.1 Å². The average Bonchev–Trinajstić information content (AvgIpc) is 2.46. The Hall–Kier alpha value is -1.13. The van der Waals surface area contributed by atoms with Gasteiger partial charge in [-0.15, -0.1) is 0 Å². The van der Waals surface area contributed by atoms with Crippen molar-refractivity contribution in [2.75, 3.05) is 31.9 Å². The van der Waals surface area contributed by atoms with Crippen LogP contribution in [0.3, 0.4) is 0 Å². The monoisotopic (exact) mass is 313 g/mol. The van der Waals surface area contributed by atoms with Crippen LogP contribution in [0.1, 0.15) is 0 Å². The number of benzene rings is 1. The van der Waals surface area contributed by atoms with Gasteiger partial charge in [0.1, 0.15) is 6.04 Å². The van der Waals surface area contributed by atoms with Crippen molar-refractivity contribution < 1.29 is 8.42 Å². The summed E-state index contributed by atoms with van der Waals surface area (Å²) in [5.41, 5.74) is 0. The van der Waals surface area contributed by atoms with Gasteiger partial charge in [0.05, 0.1) is 16.7 Å². The number of nitriles is 1. The van der Waals surface area contributed by atoms with Crippen molar-refractivity contribution in [2.45, 2.75) is 10.9 Å². The minimum Gasteiger partial charge on any atom is -0.313 e. The summed E-state index contributed by atoms with van der Waals surface area (Å²) in [6.45, 7) is 2.41. The second-order valence-electron chi connectivity index (χ2n) is 4.66. The Labute approximate surface area is 124 Å². The first-order valence-electron chi connectivity index (χ1n) is 6.35. The summed E-state index contributed by atoms with van der Waals surface area (Å²) in [7, 11) is -3.34. The van der Waals surface area contributed by atoms with Gasteiger partial charge < -0.3 is 5.32 Å². The average molecular weight is 314 g/mol. The largest absolute Gasteiger partial charge is 0.313 e. The van der Waals surface area contributed by atoms with Gasteiger partial charge in [0, 0.05) is 31.2 Å². The van der Waals surface area contributed by atoms with Crippen LogP contribution in [0.2, 0.25) is 5.02 Å². The molecule has 20 heavy (non-hydrogen) atoms. The zero-order valence-corrected chi connectivity index (χ0v) is 12.5. The van der Waals surface area contributed by atoms with E-state index in [0.717, 1.165) is 6.54 Å². The van der Waals surface area contributed by atoms with Gasteiger partial charge >= 0.3 is 0 Å². The summed E-state index contributed by atoms with van der Waals surface area (Å²) in [4.78, 5) is 2.18. The van der Waals surface area contributed by atoms with E-state index >= 15 is 0 Å². The highest BCUT2D eigenvalue weighted by Gasteiger charge is 2.24. The van der Waals surface area contributed by atoms with Gasteiger partial charge in [0.25, 0.3) is 0 Å². The lowest BCUT2D eigenvalue weighted by molar-refractivity contribution is 0.208. The summed E-state index contributed by atoms with van der Waals surface area (Å²) in [5, 5.41) is 12.7. The lowest BCUT2D eigenvalue weighted by Crippen LogP contribution is -2.51. The number of hydrogen-bond acceptors (Lipinski definition) is 5. The minimum absolute atomic E-state index is 0.00676. The number of halogens is 1. The minimum atomic E-state index is -3.34. The van der Waals surface area contributed by atoms with E-state index in [0.29, 0.717) is 24.7 Å². The molecule has 1 unspecified atom stereocenters. The summed E-state index contributed by atoms with van der Waals surface area (Å²) in [5.74, 6) is 0.00676. The standard InChI is InChI=1S/C13H16ClN3O2S/c14-11-1-3-13(4-2-11)20(18,19)8-7-17-6-5-16-10-12(17)9-15/h1-4,12,16H,5-8,10H2. The third kappa shape index (κ3) is 3.70. The second-order valence-corrected chi connectivity index (χ2v) is 7.20. The van der Waals surface area contributed by atoms with Crippen LogP contribution in [0.25, 0.3) is 0 Å². The summed E-state index contributed by atoms with van der Waals surface area (Å²) < 4.78 is 24.4. The van der Waals surface area contributed by atoms with E-state index in [1.807, 2.05) is 4.90 Å². The van der Waals surface area contributed by atoms with E-state index in [-0.39, 0.29) is 16.7 Å². The van der Waals surface area contributed by atoms with E-state index in [1.165, 1.54) is 12.1 Å². The smallest absolute Gasteiger partial charge is 0.179 e. The summed E-state index contributed by atoms with van der Waals surface area (Å²) in [6.07, 6.45) is 0. The molecule has 0 radical (unpaired) electrons. The topological polar surface area (TPSA) is 73.2 Å². The highest BCUT2D eigenvalue weighted by Crippen LogP contribution is 2.16. The molecule has 1 heterocycles. The number of nitrogens with zero attached hydrogens (tertiary/aromatic N) is 2. The number of piperazine rings is 1. The van der Waals surface area contributed by atoms with Gasteiger partial charge in [0.2, 0.25) is 0 Å². The van der Waals surface area contributed by atoms with E-state index in [4.69, 9.17) is 16.9 Å². The highest BCUT2D eigenvalue weighted by molar-refractivity contribution is 7.91. The highest BCUT2D eigenvalue weighted by atomic mass is 35.5. The molecule has 0 aliphatic carbocycles. The first-order valence-corrected chi connectivity index (χ1v) is 8.39. The number of sulfone groups is 1. The molecule has 0 amide bonds. The molecular weight excluding hydrogens is 298 g/mol. The first kappa shape index (κ1) is 15.3. The number of rotatable bonds is 4. The van der Waals surface area contributed by atoms with Gasteiger partial charge in [-0.1, -0.05) is 11.6 Å². The fourth-order valence-electron chi connectivity index (χ4n) is 2.14. The third-order valence-electron chi connectivity index (χ3n) is 3.32. The lowest BCUT2D eigenvalue weighted by Gasteiger charge is -2.31. The van der Waals surface area contributed by atoms with E-state index < -0.39 is 9.84 Å². The Kier molecular flexibility index (Phi) is 5.00. The van der Waals surface area contributed by atoms with Crippen molar-refractivity contribution in [1.29, 1.82) is 5.26 Å². The maximum Gasteiger partial charge on any atom is 0.179 e. The Balaban J connectivity index is 2.02. The Morgan fingerprint density at radius 2 is 2.10 bits per heavy atom. The fraction of sp³-hybridized carbons (Fsp3) is 0.462. The molecule has 1 aliphatic rings. The zero-order chi connectivity index (χ0) is 14.6. The maximum absolute atomic E-state index is 12.2. The van der Waals surface area contributed by atoms with Crippen LogP contribution in [0.15, 0.2) is 29.2 Å². The van der Waals surface area contributed by atoms with Crippen LogP contribution >= 0.6 is 11.6 Å². The molecule has 0 spiro atoms. The number of nitrogens with one attached hydrogen (secondary N) is 1. The van der Waals surface area contributed by atoms with Crippen molar-refractivity contribution in [2.24, 2.45) is 0 Å². The molecule has 2 rings (SSSR count). The molecule has 0 saturated carbocycles. The van der Waals surface area contributed by atoms with Gasteiger partial charge in [-0.25, -0.2) is 8.42 Å². The molecule has 5 nitrogen and oxygen atoms in total. The van der Waals surface area contributed by atoms with Crippen molar-refractivity contribution in [3.05, 3.63) is 29.3 Å².